The van der Waals surface area contributed by atoms with Crippen molar-refractivity contribution in [3.8, 4) is 5.69 Å². The van der Waals surface area contributed by atoms with Crippen LogP contribution in [0.4, 0.5) is 14.6 Å². The van der Waals surface area contributed by atoms with Gasteiger partial charge in [0.05, 0.1) is 29.1 Å². The lowest BCUT2D eigenvalue weighted by Gasteiger charge is -2.23. The minimum absolute atomic E-state index is 0.0884. The van der Waals surface area contributed by atoms with E-state index in [0.717, 1.165) is 24.4 Å². The molecule has 0 unspecified atom stereocenters. The van der Waals surface area contributed by atoms with Crippen LogP contribution in [0.15, 0.2) is 36.5 Å². The second kappa shape index (κ2) is 10.2. The summed E-state index contributed by atoms with van der Waals surface area (Å²) in [4.78, 5) is 33.5. The molecule has 2 aromatic heterocycles. The number of nitrogens with zero attached hydrogens (tertiary/aromatic N) is 5. The quantitative estimate of drug-likeness (QED) is 0.515. The standard InChI is InChI=1S/C25H27F2N5O3/c1-4-35-25(34)18-6-9-22(28-15-18)30-10-5-11-31(13-12-30)24(33)23-16(2)29-32(17(23)3)21-8-7-19(26)14-20(21)27/h6-9,14-15H,4-5,10-13H2,1-3H3. The monoisotopic (exact) mass is 483 g/mol. The summed E-state index contributed by atoms with van der Waals surface area (Å²) in [5, 5.41) is 4.36. The molecule has 8 nitrogen and oxygen atoms in total. The molecule has 1 saturated heterocycles. The predicted octanol–water partition coefficient (Wildman–Crippen LogP) is 3.69. The molecule has 1 fully saturated rings. The third kappa shape index (κ3) is 5.01. The SMILES string of the molecule is CCOC(=O)c1ccc(N2CCCN(C(=O)c3c(C)nn(-c4ccc(F)cc4F)c3C)CC2)nc1. The Balaban J connectivity index is 1.49. The number of amides is 1. The summed E-state index contributed by atoms with van der Waals surface area (Å²) in [5.74, 6) is -1.30. The number of halogens is 2. The first kappa shape index (κ1) is 24.3. The number of carbonyl (C=O) groups excluding carboxylic acids is 2. The number of carbonyl (C=O) groups is 2. The topological polar surface area (TPSA) is 80.6 Å². The minimum atomic E-state index is -0.749. The number of anilines is 1. The normalized spacial score (nSPS) is 14.1. The van der Waals surface area contributed by atoms with Crippen molar-refractivity contribution in [1.29, 1.82) is 0 Å². The van der Waals surface area contributed by atoms with Gasteiger partial charge in [0.2, 0.25) is 0 Å². The molecule has 0 spiro atoms. The van der Waals surface area contributed by atoms with Crippen LogP contribution in [-0.4, -0.2) is 64.3 Å². The third-order valence-electron chi connectivity index (χ3n) is 6.01. The van der Waals surface area contributed by atoms with E-state index in [4.69, 9.17) is 4.74 Å². The van der Waals surface area contributed by atoms with Crippen molar-refractivity contribution in [3.63, 3.8) is 0 Å². The number of ether oxygens (including phenoxy) is 1. The maximum absolute atomic E-state index is 14.3. The molecule has 0 N–H and O–H groups in total. The van der Waals surface area contributed by atoms with Gasteiger partial charge in [0.1, 0.15) is 17.3 Å². The number of hydrogen-bond donors (Lipinski definition) is 0. The summed E-state index contributed by atoms with van der Waals surface area (Å²) in [5.41, 5.74) is 1.87. The molecular weight excluding hydrogens is 456 g/mol. The number of aromatic nitrogens is 3. The number of benzene rings is 1. The van der Waals surface area contributed by atoms with Crippen LogP contribution in [0, 0.1) is 25.5 Å². The van der Waals surface area contributed by atoms with E-state index in [1.54, 1.807) is 37.8 Å². The van der Waals surface area contributed by atoms with Crippen molar-refractivity contribution >= 4 is 17.7 Å². The van der Waals surface area contributed by atoms with Crippen LogP contribution in [0.3, 0.4) is 0 Å². The van der Waals surface area contributed by atoms with Gasteiger partial charge in [-0.25, -0.2) is 23.2 Å². The Kier molecular flexibility index (Phi) is 7.09. The Morgan fingerprint density at radius 2 is 1.86 bits per heavy atom. The molecule has 4 rings (SSSR count). The molecule has 0 atom stereocenters. The van der Waals surface area contributed by atoms with Gasteiger partial charge in [-0.2, -0.15) is 5.10 Å². The molecule has 35 heavy (non-hydrogen) atoms. The number of hydrogen-bond acceptors (Lipinski definition) is 6. The third-order valence-corrected chi connectivity index (χ3v) is 6.01. The number of esters is 1. The minimum Gasteiger partial charge on any atom is -0.462 e. The molecule has 184 valence electrons. The highest BCUT2D eigenvalue weighted by molar-refractivity contribution is 5.96. The smallest absolute Gasteiger partial charge is 0.339 e. The summed E-state index contributed by atoms with van der Waals surface area (Å²) in [7, 11) is 0. The largest absolute Gasteiger partial charge is 0.462 e. The van der Waals surface area contributed by atoms with Gasteiger partial charge >= 0.3 is 5.97 Å². The Morgan fingerprint density at radius 3 is 2.54 bits per heavy atom. The van der Waals surface area contributed by atoms with Crippen molar-refractivity contribution in [2.75, 3.05) is 37.7 Å². The fourth-order valence-corrected chi connectivity index (χ4v) is 4.26. The van der Waals surface area contributed by atoms with Crippen molar-refractivity contribution in [3.05, 3.63) is 70.7 Å². The number of aryl methyl sites for hydroxylation is 1. The van der Waals surface area contributed by atoms with E-state index in [0.29, 0.717) is 55.3 Å². The van der Waals surface area contributed by atoms with Crippen LogP contribution in [0.2, 0.25) is 0 Å². The van der Waals surface area contributed by atoms with E-state index in [1.807, 2.05) is 0 Å². The van der Waals surface area contributed by atoms with E-state index < -0.39 is 17.6 Å². The lowest BCUT2D eigenvalue weighted by Crippen LogP contribution is -2.36. The molecule has 0 aliphatic carbocycles. The molecule has 0 bridgehead atoms. The lowest BCUT2D eigenvalue weighted by atomic mass is 10.1. The zero-order valence-corrected chi connectivity index (χ0v) is 19.9. The van der Waals surface area contributed by atoms with Crippen LogP contribution in [0.1, 0.15) is 45.4 Å². The van der Waals surface area contributed by atoms with E-state index in [9.17, 15) is 18.4 Å². The lowest BCUT2D eigenvalue weighted by molar-refractivity contribution is 0.0525. The Morgan fingerprint density at radius 1 is 1.06 bits per heavy atom. The van der Waals surface area contributed by atoms with Crippen LogP contribution in [0.25, 0.3) is 5.69 Å². The summed E-state index contributed by atoms with van der Waals surface area (Å²) < 4.78 is 34.0. The predicted molar refractivity (Wildman–Crippen MR) is 126 cm³/mol. The maximum Gasteiger partial charge on any atom is 0.339 e. The van der Waals surface area contributed by atoms with Gasteiger partial charge in [-0.05, 0) is 51.5 Å². The summed E-state index contributed by atoms with van der Waals surface area (Å²) in [6.07, 6.45) is 2.22. The zero-order chi connectivity index (χ0) is 25.1. The van der Waals surface area contributed by atoms with Gasteiger partial charge in [0.15, 0.2) is 5.82 Å². The number of rotatable bonds is 5. The van der Waals surface area contributed by atoms with Gasteiger partial charge in [0.25, 0.3) is 5.91 Å². The molecule has 10 heteroatoms. The first-order valence-corrected chi connectivity index (χ1v) is 11.5. The number of pyridine rings is 1. The molecule has 3 heterocycles. The molecular formula is C25H27F2N5O3. The Bertz CT molecular complexity index is 1240. The summed E-state index contributed by atoms with van der Waals surface area (Å²) in [6.45, 7) is 7.74. The molecule has 1 aliphatic rings. The van der Waals surface area contributed by atoms with Crippen LogP contribution in [-0.2, 0) is 4.74 Å². The molecule has 1 aromatic carbocycles. The van der Waals surface area contributed by atoms with E-state index in [2.05, 4.69) is 15.0 Å². The second-order valence-corrected chi connectivity index (χ2v) is 8.31. The van der Waals surface area contributed by atoms with Gasteiger partial charge in [0, 0.05) is 38.4 Å². The maximum atomic E-state index is 14.3. The first-order chi connectivity index (χ1) is 16.8. The zero-order valence-electron chi connectivity index (χ0n) is 19.9. The highest BCUT2D eigenvalue weighted by Crippen LogP contribution is 2.23. The van der Waals surface area contributed by atoms with E-state index in [1.165, 1.54) is 16.9 Å². The van der Waals surface area contributed by atoms with Crippen molar-refractivity contribution < 1.29 is 23.1 Å². The fraction of sp³-hybridized carbons (Fsp3) is 0.360. The highest BCUT2D eigenvalue weighted by Gasteiger charge is 2.27. The van der Waals surface area contributed by atoms with Crippen molar-refractivity contribution in [2.45, 2.75) is 27.2 Å². The van der Waals surface area contributed by atoms with Gasteiger partial charge in [-0.3, -0.25) is 4.79 Å². The van der Waals surface area contributed by atoms with E-state index >= 15 is 0 Å². The second-order valence-electron chi connectivity index (χ2n) is 8.31. The van der Waals surface area contributed by atoms with Gasteiger partial charge in [-0.1, -0.05) is 0 Å². The molecule has 1 amide bonds. The molecule has 1 aliphatic heterocycles. The first-order valence-electron chi connectivity index (χ1n) is 11.5. The van der Waals surface area contributed by atoms with Crippen LogP contribution in [0.5, 0.6) is 0 Å². The Hall–Kier alpha value is -3.82. The van der Waals surface area contributed by atoms with Gasteiger partial charge in [-0.15, -0.1) is 0 Å². The molecule has 0 radical (unpaired) electrons. The van der Waals surface area contributed by atoms with Gasteiger partial charge < -0.3 is 14.5 Å². The summed E-state index contributed by atoms with van der Waals surface area (Å²) in [6, 6.07) is 6.72. The van der Waals surface area contributed by atoms with Crippen LogP contribution >= 0.6 is 0 Å². The van der Waals surface area contributed by atoms with Crippen LogP contribution < -0.4 is 4.90 Å². The highest BCUT2D eigenvalue weighted by atomic mass is 19.1. The molecule has 0 saturated carbocycles. The van der Waals surface area contributed by atoms with Crippen molar-refractivity contribution in [2.24, 2.45) is 0 Å². The average molecular weight is 484 g/mol. The molecule has 3 aromatic rings. The van der Waals surface area contributed by atoms with E-state index in [-0.39, 0.29) is 11.6 Å². The summed E-state index contributed by atoms with van der Waals surface area (Å²) >= 11 is 0. The average Bonchev–Trinajstić information content (AvgIpc) is 3.00. The Labute approximate surface area is 202 Å². The fourth-order valence-electron chi connectivity index (χ4n) is 4.26. The van der Waals surface area contributed by atoms with Crippen molar-refractivity contribution in [1.82, 2.24) is 19.7 Å².